The van der Waals surface area contributed by atoms with E-state index in [0.717, 1.165) is 29.4 Å². The van der Waals surface area contributed by atoms with Gasteiger partial charge in [0.1, 0.15) is 0 Å². The summed E-state index contributed by atoms with van der Waals surface area (Å²) in [6.07, 6.45) is 2.56. The molecular formula is C17H26BrN3O3S. The summed E-state index contributed by atoms with van der Waals surface area (Å²) in [7, 11) is 0.0389. The number of halogens is 1. The highest BCUT2D eigenvalue weighted by Crippen LogP contribution is 2.20. The van der Waals surface area contributed by atoms with Crippen LogP contribution in [0.1, 0.15) is 24.8 Å². The van der Waals surface area contributed by atoms with Gasteiger partial charge in [-0.25, -0.2) is 13.1 Å². The number of rotatable bonds is 7. The number of benzene rings is 1. The molecule has 0 radical (unpaired) electrons. The first-order valence-electron chi connectivity index (χ1n) is 8.43. The molecule has 0 aliphatic carbocycles. The summed E-state index contributed by atoms with van der Waals surface area (Å²) in [5, 5.41) is 0. The highest BCUT2D eigenvalue weighted by molar-refractivity contribution is 9.10. The Kier molecular flexibility index (Phi) is 7.01. The highest BCUT2D eigenvalue weighted by Gasteiger charge is 2.31. The Morgan fingerprint density at radius 1 is 1.40 bits per heavy atom. The molecule has 1 heterocycles. The molecule has 6 nitrogen and oxygen atoms in total. The van der Waals surface area contributed by atoms with E-state index in [1.165, 1.54) is 0 Å². The predicted molar refractivity (Wildman–Crippen MR) is 102 cm³/mol. The zero-order chi connectivity index (χ0) is 18.6. The number of carbonyl (C=O) groups excluding carboxylic acids is 1. The Hall–Kier alpha value is -0.960. The topological polar surface area (TPSA) is 69.7 Å². The molecule has 8 heteroatoms. The number of nitrogens with one attached hydrogen (secondary N) is 1. The zero-order valence-electron chi connectivity index (χ0n) is 15.0. The van der Waals surface area contributed by atoms with E-state index in [1.54, 1.807) is 37.2 Å². The van der Waals surface area contributed by atoms with Gasteiger partial charge in [-0.2, -0.15) is 0 Å². The third-order valence-electron chi connectivity index (χ3n) is 4.44. The third-order valence-corrected chi connectivity index (χ3v) is 6.79. The van der Waals surface area contributed by atoms with Gasteiger partial charge in [-0.05, 0) is 56.5 Å². The number of nitrogens with zero attached hydrogens (tertiary/aromatic N) is 2. The molecule has 1 N–H and O–H groups in total. The van der Waals surface area contributed by atoms with Crippen molar-refractivity contribution in [2.24, 2.45) is 0 Å². The van der Waals surface area contributed by atoms with E-state index in [4.69, 9.17) is 0 Å². The lowest BCUT2D eigenvalue weighted by molar-refractivity contribution is -0.133. The van der Waals surface area contributed by atoms with Crippen LogP contribution in [0.2, 0.25) is 0 Å². The number of hydrogen-bond acceptors (Lipinski definition) is 4. The van der Waals surface area contributed by atoms with Gasteiger partial charge in [0.05, 0.1) is 10.9 Å². The zero-order valence-corrected chi connectivity index (χ0v) is 17.4. The van der Waals surface area contributed by atoms with Crippen LogP contribution in [-0.2, 0) is 14.8 Å². The molecule has 1 saturated heterocycles. The lowest BCUT2D eigenvalue weighted by Crippen LogP contribution is -2.43. The summed E-state index contributed by atoms with van der Waals surface area (Å²) in [4.78, 5) is 16.2. The van der Waals surface area contributed by atoms with Gasteiger partial charge in [-0.15, -0.1) is 0 Å². The molecule has 1 fully saturated rings. The highest BCUT2D eigenvalue weighted by atomic mass is 79.9. The molecule has 1 aromatic carbocycles. The van der Waals surface area contributed by atoms with Crippen LogP contribution >= 0.6 is 15.9 Å². The van der Waals surface area contributed by atoms with Crippen LogP contribution in [0.25, 0.3) is 0 Å². The quantitative estimate of drug-likeness (QED) is 0.669. The fourth-order valence-corrected chi connectivity index (χ4v) is 4.43. The monoisotopic (exact) mass is 431 g/mol. The summed E-state index contributed by atoms with van der Waals surface area (Å²) in [5.74, 6) is 0.128. The van der Waals surface area contributed by atoms with Gasteiger partial charge in [-0.3, -0.25) is 9.69 Å². The maximum Gasteiger partial charge on any atom is 0.240 e. The Labute approximate surface area is 158 Å². The molecule has 1 aromatic rings. The van der Waals surface area contributed by atoms with Gasteiger partial charge in [0, 0.05) is 31.7 Å². The Bertz CT molecular complexity index is 722. The molecule has 1 amide bonds. The second-order valence-electron chi connectivity index (χ2n) is 6.59. The molecule has 1 aliphatic rings. The minimum atomic E-state index is -3.50. The Morgan fingerprint density at radius 3 is 2.76 bits per heavy atom. The molecule has 0 bridgehead atoms. The van der Waals surface area contributed by atoms with Crippen molar-refractivity contribution in [3.63, 3.8) is 0 Å². The molecule has 0 spiro atoms. The van der Waals surface area contributed by atoms with Crippen LogP contribution < -0.4 is 4.72 Å². The van der Waals surface area contributed by atoms with Crippen LogP contribution in [-0.4, -0.2) is 63.9 Å². The van der Waals surface area contributed by atoms with Crippen molar-refractivity contribution < 1.29 is 13.2 Å². The fraction of sp³-hybridized carbons (Fsp3) is 0.588. The number of carbonyl (C=O) groups is 1. The molecule has 1 aliphatic heterocycles. The summed E-state index contributed by atoms with van der Waals surface area (Å²) < 4.78 is 28.2. The van der Waals surface area contributed by atoms with Crippen molar-refractivity contribution in [1.82, 2.24) is 14.5 Å². The van der Waals surface area contributed by atoms with Crippen LogP contribution in [0.4, 0.5) is 0 Å². The number of aryl methyl sites for hydroxylation is 1. The number of hydrogen-bond donors (Lipinski definition) is 1. The second-order valence-corrected chi connectivity index (χ2v) is 9.21. The van der Waals surface area contributed by atoms with Crippen molar-refractivity contribution in [1.29, 1.82) is 0 Å². The fourth-order valence-electron chi connectivity index (χ4n) is 3.03. The molecule has 1 unspecified atom stereocenters. The second kappa shape index (κ2) is 8.62. The number of sulfonamides is 1. The van der Waals surface area contributed by atoms with E-state index >= 15 is 0 Å². The van der Waals surface area contributed by atoms with Crippen molar-refractivity contribution in [2.75, 3.05) is 33.7 Å². The molecule has 2 rings (SSSR count). The van der Waals surface area contributed by atoms with Crippen LogP contribution in [0.5, 0.6) is 0 Å². The Balaban J connectivity index is 1.85. The maximum absolute atomic E-state index is 12.4. The SMILES string of the molecule is Cc1cc(S(=O)(=O)NCCCN2CCCC2C(=O)N(C)C)ccc1Br. The number of amides is 1. The van der Waals surface area contributed by atoms with Crippen molar-refractivity contribution in [2.45, 2.75) is 37.1 Å². The predicted octanol–water partition coefficient (Wildman–Crippen LogP) is 1.98. The average Bonchev–Trinajstić information content (AvgIpc) is 3.01. The molecule has 0 aromatic heterocycles. The largest absolute Gasteiger partial charge is 0.347 e. The standard InChI is InChI=1S/C17H26BrN3O3S/c1-13-12-14(7-8-15(13)18)25(23,24)19-9-5-11-21-10-4-6-16(21)17(22)20(2)3/h7-8,12,16,19H,4-6,9-11H2,1-3H3. The first-order chi connectivity index (χ1) is 11.7. The molecule has 140 valence electrons. The van der Waals surface area contributed by atoms with E-state index in [0.29, 0.717) is 19.5 Å². The number of likely N-dealkylation sites (N-methyl/N-ethyl adjacent to an activating group) is 1. The first kappa shape index (κ1) is 20.4. The van der Waals surface area contributed by atoms with Crippen molar-refractivity contribution >= 4 is 31.9 Å². The summed E-state index contributed by atoms with van der Waals surface area (Å²) in [6.45, 7) is 3.82. The normalized spacial score (nSPS) is 18.5. The molecular weight excluding hydrogens is 406 g/mol. The van der Waals surface area contributed by atoms with Crippen LogP contribution in [0.3, 0.4) is 0 Å². The smallest absolute Gasteiger partial charge is 0.240 e. The summed E-state index contributed by atoms with van der Waals surface area (Å²) in [6, 6.07) is 4.91. The van der Waals surface area contributed by atoms with Crippen molar-refractivity contribution in [3.05, 3.63) is 28.2 Å². The van der Waals surface area contributed by atoms with Gasteiger partial charge in [0.2, 0.25) is 15.9 Å². The van der Waals surface area contributed by atoms with E-state index in [1.807, 2.05) is 6.92 Å². The lowest BCUT2D eigenvalue weighted by Gasteiger charge is -2.26. The van der Waals surface area contributed by atoms with Gasteiger partial charge in [0.25, 0.3) is 0 Å². The average molecular weight is 432 g/mol. The van der Waals surface area contributed by atoms with Crippen molar-refractivity contribution in [3.8, 4) is 0 Å². The lowest BCUT2D eigenvalue weighted by atomic mass is 10.2. The maximum atomic E-state index is 12.4. The van der Waals surface area contributed by atoms with Gasteiger partial charge < -0.3 is 4.90 Å². The van der Waals surface area contributed by atoms with Gasteiger partial charge in [-0.1, -0.05) is 15.9 Å². The summed E-state index contributed by atoms with van der Waals surface area (Å²) >= 11 is 3.37. The minimum absolute atomic E-state index is 0.0688. The number of likely N-dealkylation sites (tertiary alicyclic amines) is 1. The minimum Gasteiger partial charge on any atom is -0.347 e. The first-order valence-corrected chi connectivity index (χ1v) is 10.7. The molecule has 1 atom stereocenters. The Morgan fingerprint density at radius 2 is 2.12 bits per heavy atom. The molecule has 25 heavy (non-hydrogen) atoms. The van der Waals surface area contributed by atoms with Gasteiger partial charge >= 0.3 is 0 Å². The van der Waals surface area contributed by atoms with E-state index in [-0.39, 0.29) is 16.8 Å². The summed E-state index contributed by atoms with van der Waals surface area (Å²) in [5.41, 5.74) is 0.880. The van der Waals surface area contributed by atoms with E-state index < -0.39 is 10.0 Å². The third kappa shape index (κ3) is 5.26. The van der Waals surface area contributed by atoms with Crippen LogP contribution in [0.15, 0.2) is 27.6 Å². The van der Waals surface area contributed by atoms with Gasteiger partial charge in [0.15, 0.2) is 0 Å². The van der Waals surface area contributed by atoms with E-state index in [2.05, 4.69) is 25.6 Å². The van der Waals surface area contributed by atoms with E-state index in [9.17, 15) is 13.2 Å². The van der Waals surface area contributed by atoms with Crippen LogP contribution in [0, 0.1) is 6.92 Å². The molecule has 0 saturated carbocycles.